The lowest BCUT2D eigenvalue weighted by molar-refractivity contribution is -0.110. The Bertz CT molecular complexity index is 882. The zero-order valence-corrected chi connectivity index (χ0v) is 13.3. The Morgan fingerprint density at radius 1 is 1.09 bits per heavy atom. The second kappa shape index (κ2) is 5.32. The van der Waals surface area contributed by atoms with Gasteiger partial charge in [-0.3, -0.25) is 0 Å². The summed E-state index contributed by atoms with van der Waals surface area (Å²) in [6, 6.07) is 17.3. The van der Waals surface area contributed by atoms with E-state index in [1.54, 1.807) is 36.4 Å². The molecule has 0 heterocycles. The van der Waals surface area contributed by atoms with Gasteiger partial charge < -0.3 is 4.79 Å². The first-order chi connectivity index (χ1) is 11.0. The maximum atomic E-state index is 12.9. The van der Waals surface area contributed by atoms with Gasteiger partial charge >= 0.3 is 0 Å². The average Bonchev–Trinajstić information content (AvgIpc) is 3.27. The fourth-order valence-electron chi connectivity index (χ4n) is 3.10. The summed E-state index contributed by atoms with van der Waals surface area (Å²) in [6.07, 6.45) is 0.487. The Kier molecular flexibility index (Phi) is 3.57. The molecule has 4 nitrogen and oxygen atoms in total. The number of carbonyl (C=O) groups is 1. The van der Waals surface area contributed by atoms with Gasteiger partial charge in [-0.2, -0.15) is 5.26 Å². The number of nitrogens with zero attached hydrogens (tertiary/aromatic N) is 1. The number of nitriles is 1. The second-order valence-corrected chi connectivity index (χ2v) is 7.90. The molecule has 0 radical (unpaired) electrons. The third-order valence-electron chi connectivity index (χ3n) is 4.41. The number of hydrogen-bond donors (Lipinski definition) is 0. The van der Waals surface area contributed by atoms with Gasteiger partial charge in [-0.25, -0.2) is 8.42 Å². The molecule has 0 unspecified atom stereocenters. The molecule has 0 spiro atoms. The first-order valence-corrected chi connectivity index (χ1v) is 8.75. The number of benzene rings is 2. The summed E-state index contributed by atoms with van der Waals surface area (Å²) >= 11 is 0. The van der Waals surface area contributed by atoms with E-state index in [1.165, 1.54) is 12.1 Å². The van der Waals surface area contributed by atoms with E-state index in [4.69, 9.17) is 0 Å². The van der Waals surface area contributed by atoms with Gasteiger partial charge in [0.15, 0.2) is 9.84 Å². The molecule has 23 heavy (non-hydrogen) atoms. The number of aryl methyl sites for hydroxylation is 1. The first-order valence-electron chi connectivity index (χ1n) is 7.20. The van der Waals surface area contributed by atoms with E-state index in [-0.39, 0.29) is 4.90 Å². The van der Waals surface area contributed by atoms with Crippen molar-refractivity contribution >= 4 is 16.1 Å². The lowest BCUT2D eigenvalue weighted by Crippen LogP contribution is -2.16. The SMILES string of the molecule is Cc1ccc(S(=O)(=O)[C@@H]2[C@H](c3ccccc3)[C@@]2(C#N)C=O)cc1. The van der Waals surface area contributed by atoms with Crippen LogP contribution >= 0.6 is 0 Å². The monoisotopic (exact) mass is 325 g/mol. The van der Waals surface area contributed by atoms with E-state index in [2.05, 4.69) is 0 Å². The van der Waals surface area contributed by atoms with E-state index >= 15 is 0 Å². The highest BCUT2D eigenvalue weighted by Gasteiger charge is 2.72. The van der Waals surface area contributed by atoms with Gasteiger partial charge in [0.25, 0.3) is 0 Å². The summed E-state index contributed by atoms with van der Waals surface area (Å²) in [5.74, 6) is -0.627. The predicted molar refractivity (Wildman–Crippen MR) is 85.4 cm³/mol. The summed E-state index contributed by atoms with van der Waals surface area (Å²) in [4.78, 5) is 11.7. The Balaban J connectivity index is 2.09. The molecule has 1 saturated carbocycles. The van der Waals surface area contributed by atoms with E-state index < -0.39 is 26.4 Å². The fourth-order valence-corrected chi connectivity index (χ4v) is 5.33. The molecule has 1 fully saturated rings. The first kappa shape index (κ1) is 15.4. The number of carbonyl (C=O) groups excluding carboxylic acids is 1. The number of aldehydes is 1. The van der Waals surface area contributed by atoms with E-state index in [0.717, 1.165) is 5.56 Å². The summed E-state index contributed by atoms with van der Waals surface area (Å²) in [7, 11) is -3.77. The highest BCUT2D eigenvalue weighted by Crippen LogP contribution is 2.62. The van der Waals surface area contributed by atoms with Gasteiger partial charge in [0.1, 0.15) is 17.0 Å². The number of hydrogen-bond acceptors (Lipinski definition) is 4. The van der Waals surface area contributed by atoms with Crippen molar-refractivity contribution in [3.8, 4) is 6.07 Å². The minimum atomic E-state index is -3.77. The van der Waals surface area contributed by atoms with Crippen LogP contribution in [0.5, 0.6) is 0 Å². The molecule has 0 N–H and O–H groups in total. The van der Waals surface area contributed by atoms with Crippen molar-refractivity contribution in [3.63, 3.8) is 0 Å². The van der Waals surface area contributed by atoms with Crippen molar-refractivity contribution in [1.82, 2.24) is 0 Å². The Hall–Kier alpha value is -2.45. The van der Waals surface area contributed by atoms with E-state index in [9.17, 15) is 18.5 Å². The molecule has 3 atom stereocenters. The topological polar surface area (TPSA) is 75.0 Å². The highest BCUT2D eigenvalue weighted by atomic mass is 32.2. The van der Waals surface area contributed by atoms with Crippen molar-refractivity contribution in [3.05, 3.63) is 65.7 Å². The van der Waals surface area contributed by atoms with Crippen molar-refractivity contribution < 1.29 is 13.2 Å². The quantitative estimate of drug-likeness (QED) is 0.810. The van der Waals surface area contributed by atoms with Gasteiger partial charge in [0.05, 0.1) is 11.0 Å². The fraction of sp³-hybridized carbons (Fsp3) is 0.222. The molecule has 0 aromatic heterocycles. The van der Waals surface area contributed by atoms with Crippen LogP contribution in [0.3, 0.4) is 0 Å². The van der Waals surface area contributed by atoms with Crippen LogP contribution in [0.25, 0.3) is 0 Å². The van der Waals surface area contributed by atoms with Crippen molar-refractivity contribution in [1.29, 1.82) is 5.26 Å². The van der Waals surface area contributed by atoms with Crippen LogP contribution in [-0.4, -0.2) is 20.0 Å². The van der Waals surface area contributed by atoms with Crippen LogP contribution in [0.2, 0.25) is 0 Å². The molecule has 0 amide bonds. The zero-order valence-electron chi connectivity index (χ0n) is 12.5. The van der Waals surface area contributed by atoms with Crippen LogP contribution < -0.4 is 0 Å². The smallest absolute Gasteiger partial charge is 0.183 e. The molecular formula is C18H15NO3S. The van der Waals surface area contributed by atoms with E-state index in [1.807, 2.05) is 19.1 Å². The molecule has 0 bridgehead atoms. The molecule has 116 valence electrons. The molecule has 1 aliphatic rings. The second-order valence-electron chi connectivity index (χ2n) is 5.83. The van der Waals surface area contributed by atoms with Gasteiger partial charge in [-0.05, 0) is 24.6 Å². The number of rotatable bonds is 4. The molecule has 3 rings (SSSR count). The maximum Gasteiger partial charge on any atom is 0.183 e. The molecule has 1 aliphatic carbocycles. The molecular weight excluding hydrogens is 310 g/mol. The van der Waals surface area contributed by atoms with Crippen molar-refractivity contribution in [2.24, 2.45) is 5.41 Å². The van der Waals surface area contributed by atoms with Crippen molar-refractivity contribution in [2.45, 2.75) is 23.0 Å². The van der Waals surface area contributed by atoms with Crippen LogP contribution in [0, 0.1) is 23.7 Å². The Labute approximate surface area is 135 Å². The maximum absolute atomic E-state index is 12.9. The molecule has 0 aliphatic heterocycles. The lowest BCUT2D eigenvalue weighted by atomic mass is 10.0. The average molecular weight is 325 g/mol. The molecule has 0 saturated heterocycles. The predicted octanol–water partition coefficient (Wildman–Crippen LogP) is 2.64. The largest absolute Gasteiger partial charge is 0.302 e. The van der Waals surface area contributed by atoms with Gasteiger partial charge in [0.2, 0.25) is 0 Å². The standard InChI is InChI=1S/C18H15NO3S/c1-13-7-9-15(10-8-13)23(21,22)17-16(18(17,11-19)12-20)14-5-3-2-4-6-14/h2-10,12,16-17H,1H3/t16-,17+,18+/m0/s1. The number of sulfone groups is 1. The molecule has 2 aromatic carbocycles. The van der Waals surface area contributed by atoms with Gasteiger partial charge in [-0.1, -0.05) is 48.0 Å². The van der Waals surface area contributed by atoms with Crippen LogP contribution in [-0.2, 0) is 14.6 Å². The highest BCUT2D eigenvalue weighted by molar-refractivity contribution is 7.92. The summed E-state index contributed by atoms with van der Waals surface area (Å²) in [5.41, 5.74) is 0.133. The molecule has 5 heteroatoms. The minimum absolute atomic E-state index is 0.146. The van der Waals surface area contributed by atoms with E-state index in [0.29, 0.717) is 11.8 Å². The Morgan fingerprint density at radius 2 is 1.70 bits per heavy atom. The lowest BCUT2D eigenvalue weighted by Gasteiger charge is -2.05. The van der Waals surface area contributed by atoms with Gasteiger partial charge in [0, 0.05) is 5.92 Å². The summed E-state index contributed by atoms with van der Waals surface area (Å²) in [5, 5.41) is 8.43. The van der Waals surface area contributed by atoms with Gasteiger partial charge in [-0.15, -0.1) is 0 Å². The summed E-state index contributed by atoms with van der Waals surface area (Å²) < 4.78 is 25.8. The van der Waals surface area contributed by atoms with Crippen LogP contribution in [0.15, 0.2) is 59.5 Å². The minimum Gasteiger partial charge on any atom is -0.302 e. The summed E-state index contributed by atoms with van der Waals surface area (Å²) in [6.45, 7) is 1.87. The zero-order chi connectivity index (χ0) is 16.7. The third kappa shape index (κ3) is 2.27. The van der Waals surface area contributed by atoms with Crippen LogP contribution in [0.4, 0.5) is 0 Å². The van der Waals surface area contributed by atoms with Crippen molar-refractivity contribution in [2.75, 3.05) is 0 Å². The third-order valence-corrected chi connectivity index (χ3v) is 6.67. The molecule has 2 aromatic rings. The Morgan fingerprint density at radius 3 is 2.22 bits per heavy atom. The normalized spacial score (nSPS) is 26.3. The van der Waals surface area contributed by atoms with Crippen LogP contribution in [0.1, 0.15) is 17.0 Å².